The Morgan fingerprint density at radius 2 is 0.520 bits per heavy atom. The Kier molecular flexibility index (Phi) is 68.1. The summed E-state index contributed by atoms with van der Waals surface area (Å²) in [5.41, 5.74) is 0. The highest BCUT2D eigenvalue weighted by Crippen LogP contribution is 2.45. The Morgan fingerprint density at radius 1 is 0.296 bits per heavy atom. The lowest BCUT2D eigenvalue weighted by Crippen LogP contribution is -2.30. The monoisotopic (exact) mass is 1440 g/mol. The predicted octanol–water partition coefficient (Wildman–Crippen LogP) is 23.4. The van der Waals surface area contributed by atoms with Crippen LogP contribution in [0.3, 0.4) is 0 Å². The molecule has 0 aliphatic heterocycles. The number of hydrogen-bond donors (Lipinski definition) is 3. The fourth-order valence-electron chi connectivity index (χ4n) is 12.1. The number of ether oxygens (including phenoxy) is 4. The van der Waals surface area contributed by atoms with E-state index in [1.54, 1.807) is 0 Å². The van der Waals surface area contributed by atoms with Crippen LogP contribution in [0.25, 0.3) is 0 Å². The number of carbonyl (C=O) groups excluding carboxylic acids is 4. The van der Waals surface area contributed by atoms with Crippen molar-refractivity contribution in [2.75, 3.05) is 39.6 Å². The first kappa shape index (κ1) is 96.1. The Morgan fingerprint density at radius 3 is 0.776 bits per heavy atom. The molecule has 98 heavy (non-hydrogen) atoms. The summed E-state index contributed by atoms with van der Waals surface area (Å²) < 4.78 is 68.6. The molecule has 0 spiro atoms. The van der Waals surface area contributed by atoms with Crippen molar-refractivity contribution in [3.8, 4) is 0 Å². The molecule has 582 valence electrons. The standard InChI is InChI=1S/C79H154O17P2/c1-8-11-12-13-14-15-16-17-18-19-20-24-27-30-39-46-53-60-76(81)89-66-74(95-78(83)62-55-48-41-31-28-25-22-21-23-26-29-37-44-51-58-71(6)9-2)68-93-97(85,86)91-64-73(80)65-92-98(87,88)94-69-75(67-90-77(82)61-54-47-40-34-32-36-43-50-57-70(4)5)96-79(84)63-56-49-42-35-33-38-45-52-59-72(7)10-3/h70-75,80H,8-69H2,1-7H3,(H,85,86)(H,87,88)/t71?,72?,73-,74-,75-/m1/s1. The molecule has 0 heterocycles. The van der Waals surface area contributed by atoms with Crippen molar-refractivity contribution >= 4 is 39.5 Å². The quantitative estimate of drug-likeness (QED) is 0.0222. The van der Waals surface area contributed by atoms with Crippen LogP contribution in [0.15, 0.2) is 0 Å². The van der Waals surface area contributed by atoms with E-state index in [0.717, 1.165) is 108 Å². The van der Waals surface area contributed by atoms with Crippen molar-refractivity contribution in [1.29, 1.82) is 0 Å². The molecule has 0 saturated heterocycles. The molecule has 0 bridgehead atoms. The molecule has 3 N–H and O–H groups in total. The molecule has 19 heteroatoms. The third kappa shape index (κ3) is 69.8. The topological polar surface area (TPSA) is 237 Å². The zero-order chi connectivity index (χ0) is 72.3. The van der Waals surface area contributed by atoms with E-state index in [9.17, 15) is 43.2 Å². The van der Waals surface area contributed by atoms with E-state index < -0.39 is 97.5 Å². The molecule has 0 aromatic carbocycles. The average Bonchev–Trinajstić information content (AvgIpc) is 1.22. The summed E-state index contributed by atoms with van der Waals surface area (Å²) in [6.45, 7) is 11.9. The van der Waals surface area contributed by atoms with Gasteiger partial charge in [-0.3, -0.25) is 37.3 Å². The second-order valence-corrected chi connectivity index (χ2v) is 32.3. The van der Waals surface area contributed by atoms with Gasteiger partial charge in [-0.25, -0.2) is 9.13 Å². The number of phosphoric acid groups is 2. The second kappa shape index (κ2) is 69.4. The first-order chi connectivity index (χ1) is 47.3. The number of aliphatic hydroxyl groups is 1. The molecular weight excluding hydrogens is 1280 g/mol. The van der Waals surface area contributed by atoms with Crippen LogP contribution in [0.1, 0.15) is 408 Å². The Bertz CT molecular complexity index is 1910. The molecule has 17 nitrogen and oxygen atoms in total. The van der Waals surface area contributed by atoms with Gasteiger partial charge in [0, 0.05) is 25.7 Å². The SMILES string of the molecule is CCCCCCCCCCCCCCCCCCCC(=O)OC[C@H](COP(=O)(O)OC[C@@H](O)COP(=O)(O)OC[C@@H](COC(=O)CCCCCCCCCCC(C)C)OC(=O)CCCCCCCCCCC(C)CC)OC(=O)CCCCCCCCCCCCCCCCC(C)CC. The minimum Gasteiger partial charge on any atom is -0.462 e. The second-order valence-electron chi connectivity index (χ2n) is 29.4. The first-order valence-corrected chi connectivity index (χ1v) is 43.9. The maximum Gasteiger partial charge on any atom is 0.472 e. The largest absolute Gasteiger partial charge is 0.472 e. The van der Waals surface area contributed by atoms with Gasteiger partial charge in [-0.2, -0.15) is 0 Å². The highest BCUT2D eigenvalue weighted by atomic mass is 31.2. The first-order valence-electron chi connectivity index (χ1n) is 40.9. The number of hydrogen-bond acceptors (Lipinski definition) is 15. The fraction of sp³-hybridized carbons (Fsp3) is 0.949. The van der Waals surface area contributed by atoms with Crippen LogP contribution < -0.4 is 0 Å². The van der Waals surface area contributed by atoms with Crippen LogP contribution in [-0.2, 0) is 65.4 Å². The van der Waals surface area contributed by atoms with E-state index in [4.69, 9.17) is 37.0 Å². The molecule has 0 rings (SSSR count). The molecule has 0 aromatic heterocycles. The summed E-state index contributed by atoms with van der Waals surface area (Å²) >= 11 is 0. The molecule has 7 atom stereocenters. The van der Waals surface area contributed by atoms with Crippen molar-refractivity contribution in [2.45, 2.75) is 426 Å². The summed E-state index contributed by atoms with van der Waals surface area (Å²) in [4.78, 5) is 72.9. The predicted molar refractivity (Wildman–Crippen MR) is 400 cm³/mol. The van der Waals surface area contributed by atoms with Gasteiger partial charge >= 0.3 is 39.5 Å². The summed E-state index contributed by atoms with van der Waals surface area (Å²) in [7, 11) is -9.92. The fourth-order valence-corrected chi connectivity index (χ4v) is 13.6. The molecule has 0 radical (unpaired) electrons. The molecule has 4 unspecified atom stereocenters. The Hall–Kier alpha value is -1.94. The van der Waals surface area contributed by atoms with Gasteiger partial charge in [0.25, 0.3) is 0 Å². The lowest BCUT2D eigenvalue weighted by molar-refractivity contribution is -0.161. The maximum absolute atomic E-state index is 13.1. The lowest BCUT2D eigenvalue weighted by atomic mass is 9.99. The molecule has 0 aromatic rings. The van der Waals surface area contributed by atoms with Crippen LogP contribution in [0, 0.1) is 17.8 Å². The van der Waals surface area contributed by atoms with Gasteiger partial charge in [0.2, 0.25) is 0 Å². The minimum absolute atomic E-state index is 0.104. The van der Waals surface area contributed by atoms with Crippen molar-refractivity contribution in [2.24, 2.45) is 17.8 Å². The van der Waals surface area contributed by atoms with Gasteiger partial charge in [-0.05, 0) is 43.4 Å². The van der Waals surface area contributed by atoms with Crippen LogP contribution in [-0.4, -0.2) is 96.7 Å². The number of unbranched alkanes of at least 4 members (excludes halogenated alkanes) is 43. The highest BCUT2D eigenvalue weighted by Gasteiger charge is 2.30. The summed E-state index contributed by atoms with van der Waals surface area (Å²) in [6, 6.07) is 0. The molecule has 0 aliphatic carbocycles. The van der Waals surface area contributed by atoms with E-state index >= 15 is 0 Å². The van der Waals surface area contributed by atoms with E-state index in [-0.39, 0.29) is 25.7 Å². The average molecular weight is 1440 g/mol. The van der Waals surface area contributed by atoms with Crippen LogP contribution >= 0.6 is 15.6 Å². The van der Waals surface area contributed by atoms with Gasteiger partial charge in [0.15, 0.2) is 12.2 Å². The van der Waals surface area contributed by atoms with E-state index in [0.29, 0.717) is 25.7 Å². The zero-order valence-electron chi connectivity index (χ0n) is 64.3. The van der Waals surface area contributed by atoms with Crippen molar-refractivity contribution in [1.82, 2.24) is 0 Å². The van der Waals surface area contributed by atoms with E-state index in [1.165, 1.54) is 218 Å². The molecule has 0 aliphatic rings. The summed E-state index contributed by atoms with van der Waals surface area (Å²) in [5, 5.41) is 10.6. The van der Waals surface area contributed by atoms with Gasteiger partial charge < -0.3 is 33.8 Å². The van der Waals surface area contributed by atoms with Crippen LogP contribution in [0.4, 0.5) is 0 Å². The molecular formula is C79H154O17P2. The van der Waals surface area contributed by atoms with Gasteiger partial charge in [-0.1, -0.05) is 357 Å². The Balaban J connectivity index is 5.25. The third-order valence-corrected chi connectivity index (χ3v) is 21.0. The van der Waals surface area contributed by atoms with Gasteiger partial charge in [0.1, 0.15) is 19.3 Å². The maximum atomic E-state index is 13.1. The van der Waals surface area contributed by atoms with Crippen LogP contribution in [0.5, 0.6) is 0 Å². The number of esters is 4. The number of rotatable bonds is 77. The summed E-state index contributed by atoms with van der Waals surface area (Å²) in [6.07, 6.45) is 56.8. The Labute approximate surface area is 600 Å². The summed E-state index contributed by atoms with van der Waals surface area (Å²) in [5.74, 6) is 0.226. The zero-order valence-corrected chi connectivity index (χ0v) is 66.0. The molecule has 0 saturated carbocycles. The van der Waals surface area contributed by atoms with E-state index in [1.807, 2.05) is 0 Å². The number of aliphatic hydroxyl groups excluding tert-OH is 1. The smallest absolute Gasteiger partial charge is 0.462 e. The van der Waals surface area contributed by atoms with Gasteiger partial charge in [0.05, 0.1) is 26.4 Å². The highest BCUT2D eigenvalue weighted by molar-refractivity contribution is 7.47. The third-order valence-electron chi connectivity index (χ3n) is 19.1. The molecule has 0 fully saturated rings. The molecule has 0 amide bonds. The van der Waals surface area contributed by atoms with Crippen molar-refractivity contribution < 1.29 is 80.2 Å². The number of phosphoric ester groups is 2. The van der Waals surface area contributed by atoms with Crippen molar-refractivity contribution in [3.05, 3.63) is 0 Å². The number of carbonyl (C=O) groups is 4. The van der Waals surface area contributed by atoms with Crippen molar-refractivity contribution in [3.63, 3.8) is 0 Å². The lowest BCUT2D eigenvalue weighted by Gasteiger charge is -2.21. The minimum atomic E-state index is -4.96. The normalized spacial score (nSPS) is 14.6. The van der Waals surface area contributed by atoms with E-state index in [2.05, 4.69) is 48.5 Å². The van der Waals surface area contributed by atoms with Crippen LogP contribution in [0.2, 0.25) is 0 Å². The van der Waals surface area contributed by atoms with Gasteiger partial charge in [-0.15, -0.1) is 0 Å².